The van der Waals surface area contributed by atoms with Gasteiger partial charge in [0, 0.05) is 11.4 Å². The second kappa shape index (κ2) is 5.41. The van der Waals surface area contributed by atoms with Crippen LogP contribution in [0.3, 0.4) is 0 Å². The summed E-state index contributed by atoms with van der Waals surface area (Å²) in [5, 5.41) is 4.15. The van der Waals surface area contributed by atoms with Crippen LogP contribution in [-0.4, -0.2) is 16.9 Å². The molecule has 1 atom stereocenters. The van der Waals surface area contributed by atoms with E-state index in [1.54, 1.807) is 11.3 Å². The van der Waals surface area contributed by atoms with Crippen LogP contribution in [0.1, 0.15) is 29.4 Å². The lowest BCUT2D eigenvalue weighted by atomic mass is 10.0. The van der Waals surface area contributed by atoms with Gasteiger partial charge >= 0.3 is 0 Å². The fourth-order valence-corrected chi connectivity index (χ4v) is 2.36. The predicted molar refractivity (Wildman–Crippen MR) is 66.2 cm³/mol. The molecule has 1 aromatic heterocycles. The number of carbonyl (C=O) groups is 1. The number of aryl methyl sites for hydroxylation is 2. The molecule has 0 fully saturated rings. The molecule has 0 aliphatic carbocycles. The number of hydrogen-bond acceptors (Lipinski definition) is 4. The molecular weight excluding hydrogens is 222 g/mol. The molecule has 0 saturated carbocycles. The number of nitrogens with zero attached hydrogens (tertiary/aromatic N) is 1. The number of thiazole rings is 1. The number of rotatable bonds is 5. The van der Waals surface area contributed by atoms with E-state index in [1.807, 2.05) is 27.7 Å². The van der Waals surface area contributed by atoms with Crippen molar-refractivity contribution in [1.29, 1.82) is 0 Å². The molecule has 5 heteroatoms. The van der Waals surface area contributed by atoms with E-state index in [0.29, 0.717) is 6.54 Å². The van der Waals surface area contributed by atoms with Crippen LogP contribution in [0.25, 0.3) is 0 Å². The Morgan fingerprint density at radius 1 is 1.50 bits per heavy atom. The summed E-state index contributed by atoms with van der Waals surface area (Å²) in [4.78, 5) is 16.8. The minimum Gasteiger partial charge on any atom is -0.368 e. The zero-order valence-corrected chi connectivity index (χ0v) is 11.0. The van der Waals surface area contributed by atoms with E-state index in [0.717, 1.165) is 10.7 Å². The van der Waals surface area contributed by atoms with Crippen molar-refractivity contribution in [2.24, 2.45) is 11.7 Å². The highest BCUT2D eigenvalue weighted by molar-refractivity contribution is 7.11. The molecule has 1 heterocycles. The molecule has 0 spiro atoms. The number of amides is 1. The Hall–Kier alpha value is -0.940. The molecule has 1 aromatic rings. The maximum absolute atomic E-state index is 11.2. The lowest BCUT2D eigenvalue weighted by Crippen LogP contribution is -2.44. The van der Waals surface area contributed by atoms with E-state index < -0.39 is 0 Å². The molecule has 1 unspecified atom stereocenters. The van der Waals surface area contributed by atoms with Crippen LogP contribution in [0.2, 0.25) is 0 Å². The van der Waals surface area contributed by atoms with Gasteiger partial charge in [0.25, 0.3) is 0 Å². The number of carbonyl (C=O) groups excluding carboxylic acids is 1. The number of hydrogen-bond donors (Lipinski definition) is 2. The average Bonchev–Trinajstić information content (AvgIpc) is 2.45. The molecule has 0 aromatic carbocycles. The van der Waals surface area contributed by atoms with Gasteiger partial charge in [-0.3, -0.25) is 10.1 Å². The number of nitrogens with one attached hydrogen (secondary N) is 1. The van der Waals surface area contributed by atoms with Gasteiger partial charge in [-0.15, -0.1) is 11.3 Å². The number of primary amides is 1. The van der Waals surface area contributed by atoms with Crippen LogP contribution in [0.5, 0.6) is 0 Å². The first-order valence-electron chi connectivity index (χ1n) is 5.37. The first-order valence-corrected chi connectivity index (χ1v) is 6.19. The third-order valence-corrected chi connectivity index (χ3v) is 3.59. The molecule has 0 saturated heterocycles. The smallest absolute Gasteiger partial charge is 0.234 e. The van der Waals surface area contributed by atoms with Gasteiger partial charge in [-0.05, 0) is 19.8 Å². The Balaban J connectivity index is 2.59. The minimum atomic E-state index is -0.306. The largest absolute Gasteiger partial charge is 0.368 e. The Kier molecular flexibility index (Phi) is 4.44. The summed E-state index contributed by atoms with van der Waals surface area (Å²) >= 11 is 1.65. The van der Waals surface area contributed by atoms with Crippen LogP contribution in [0.15, 0.2) is 0 Å². The summed E-state index contributed by atoms with van der Waals surface area (Å²) in [6.07, 6.45) is 0. The summed E-state index contributed by atoms with van der Waals surface area (Å²) in [5.74, 6) is -0.111. The summed E-state index contributed by atoms with van der Waals surface area (Å²) in [6, 6.07) is -0.287. The van der Waals surface area contributed by atoms with Gasteiger partial charge in [0.1, 0.15) is 5.01 Å². The monoisotopic (exact) mass is 241 g/mol. The molecule has 3 N–H and O–H groups in total. The second-order valence-electron chi connectivity index (χ2n) is 4.25. The average molecular weight is 241 g/mol. The third kappa shape index (κ3) is 3.28. The third-order valence-electron chi connectivity index (χ3n) is 2.52. The molecule has 1 amide bonds. The van der Waals surface area contributed by atoms with Gasteiger partial charge in [-0.25, -0.2) is 4.98 Å². The van der Waals surface area contributed by atoms with Crippen LogP contribution in [0, 0.1) is 19.8 Å². The lowest BCUT2D eigenvalue weighted by molar-refractivity contribution is -0.121. The Labute approximate surface area is 100 Å². The maximum atomic E-state index is 11.2. The van der Waals surface area contributed by atoms with Gasteiger partial charge < -0.3 is 5.73 Å². The normalized spacial score (nSPS) is 13.1. The molecule has 0 radical (unpaired) electrons. The summed E-state index contributed by atoms with van der Waals surface area (Å²) in [6.45, 7) is 8.58. The summed E-state index contributed by atoms with van der Waals surface area (Å²) < 4.78 is 0. The van der Waals surface area contributed by atoms with Gasteiger partial charge in [-0.1, -0.05) is 13.8 Å². The SMILES string of the molecule is Cc1nc(CNC(C(N)=O)C(C)C)sc1C. The van der Waals surface area contributed by atoms with E-state index in [1.165, 1.54) is 4.88 Å². The first kappa shape index (κ1) is 13.1. The molecule has 4 nitrogen and oxygen atoms in total. The van der Waals surface area contributed by atoms with Gasteiger partial charge in [0.2, 0.25) is 5.91 Å². The fourth-order valence-electron chi connectivity index (χ4n) is 1.48. The second-order valence-corrected chi connectivity index (χ2v) is 5.54. The molecular formula is C11H19N3OS. The van der Waals surface area contributed by atoms with Crippen LogP contribution in [-0.2, 0) is 11.3 Å². The number of nitrogens with two attached hydrogens (primary N) is 1. The van der Waals surface area contributed by atoms with Crippen molar-refractivity contribution >= 4 is 17.2 Å². The maximum Gasteiger partial charge on any atom is 0.234 e. The number of aromatic nitrogens is 1. The molecule has 16 heavy (non-hydrogen) atoms. The first-order chi connectivity index (χ1) is 7.41. The highest BCUT2D eigenvalue weighted by atomic mass is 32.1. The van der Waals surface area contributed by atoms with E-state index in [-0.39, 0.29) is 17.9 Å². The van der Waals surface area contributed by atoms with E-state index in [4.69, 9.17) is 5.73 Å². The lowest BCUT2D eigenvalue weighted by Gasteiger charge is -2.17. The standard InChI is InChI=1S/C11H19N3OS/c1-6(2)10(11(12)15)13-5-9-14-7(3)8(4)16-9/h6,10,13H,5H2,1-4H3,(H2,12,15). The molecule has 0 aliphatic heterocycles. The van der Waals surface area contributed by atoms with E-state index >= 15 is 0 Å². The van der Waals surface area contributed by atoms with Crippen molar-refractivity contribution in [2.75, 3.05) is 0 Å². The van der Waals surface area contributed by atoms with Crippen molar-refractivity contribution in [3.63, 3.8) is 0 Å². The van der Waals surface area contributed by atoms with Crippen molar-refractivity contribution in [2.45, 2.75) is 40.3 Å². The Bertz CT molecular complexity index is 354. The van der Waals surface area contributed by atoms with Crippen molar-refractivity contribution < 1.29 is 4.79 Å². The summed E-state index contributed by atoms with van der Waals surface area (Å²) in [7, 11) is 0. The van der Waals surface area contributed by atoms with Gasteiger partial charge in [0.15, 0.2) is 0 Å². The molecule has 90 valence electrons. The van der Waals surface area contributed by atoms with Crippen LogP contribution in [0.4, 0.5) is 0 Å². The topological polar surface area (TPSA) is 68.0 Å². The van der Waals surface area contributed by atoms with E-state index in [2.05, 4.69) is 10.3 Å². The minimum absolute atomic E-state index is 0.194. The van der Waals surface area contributed by atoms with Crippen LogP contribution < -0.4 is 11.1 Å². The zero-order chi connectivity index (χ0) is 12.3. The molecule has 1 rings (SSSR count). The fraction of sp³-hybridized carbons (Fsp3) is 0.636. The molecule has 0 aliphatic rings. The van der Waals surface area contributed by atoms with Crippen molar-refractivity contribution in [3.8, 4) is 0 Å². The zero-order valence-electron chi connectivity index (χ0n) is 10.2. The van der Waals surface area contributed by atoms with Crippen LogP contribution >= 0.6 is 11.3 Å². The van der Waals surface area contributed by atoms with Crippen molar-refractivity contribution in [1.82, 2.24) is 10.3 Å². The highest BCUT2D eigenvalue weighted by Crippen LogP contribution is 2.16. The van der Waals surface area contributed by atoms with E-state index in [9.17, 15) is 4.79 Å². The molecule has 0 bridgehead atoms. The van der Waals surface area contributed by atoms with Gasteiger partial charge in [0.05, 0.1) is 11.7 Å². The summed E-state index contributed by atoms with van der Waals surface area (Å²) in [5.41, 5.74) is 6.38. The predicted octanol–water partition coefficient (Wildman–Crippen LogP) is 1.36. The Morgan fingerprint density at radius 2 is 2.12 bits per heavy atom. The van der Waals surface area contributed by atoms with Gasteiger partial charge in [-0.2, -0.15) is 0 Å². The highest BCUT2D eigenvalue weighted by Gasteiger charge is 2.19. The quantitative estimate of drug-likeness (QED) is 0.818. The Morgan fingerprint density at radius 3 is 2.50 bits per heavy atom. The van der Waals surface area contributed by atoms with Crippen molar-refractivity contribution in [3.05, 3.63) is 15.6 Å².